The van der Waals surface area contributed by atoms with E-state index < -0.39 is 0 Å². The van der Waals surface area contributed by atoms with Crippen molar-refractivity contribution in [3.8, 4) is 11.5 Å². The Morgan fingerprint density at radius 2 is 1.85 bits per heavy atom. The average Bonchev–Trinajstić information content (AvgIpc) is 2.78. The van der Waals surface area contributed by atoms with Crippen LogP contribution in [-0.4, -0.2) is 25.8 Å². The van der Waals surface area contributed by atoms with E-state index in [4.69, 9.17) is 14.2 Å². The summed E-state index contributed by atoms with van der Waals surface area (Å²) < 4.78 is 16.7. The highest BCUT2D eigenvalue weighted by atomic mass is 16.5. The minimum absolute atomic E-state index is 0.0109. The number of methoxy groups -OCH3 is 2. The minimum atomic E-state index is -0.110. The van der Waals surface area contributed by atoms with Gasteiger partial charge in [-0.2, -0.15) is 0 Å². The molecule has 184 valence electrons. The fourth-order valence-electron chi connectivity index (χ4n) is 4.51. The Kier molecular flexibility index (Phi) is 10.5. The van der Waals surface area contributed by atoms with Gasteiger partial charge in [0, 0.05) is 0 Å². The molecule has 1 aliphatic heterocycles. The molecular weight excluding hydrogens is 412 g/mol. The molecule has 1 heterocycles. The number of carbonyl (C=O) groups excluding carboxylic acids is 1. The summed E-state index contributed by atoms with van der Waals surface area (Å²) in [5.74, 6) is 1.84. The summed E-state index contributed by atoms with van der Waals surface area (Å²) in [4.78, 5) is 11.5. The Morgan fingerprint density at radius 3 is 2.55 bits per heavy atom. The Labute approximate surface area is 201 Å². The molecule has 1 aromatic carbocycles. The minimum Gasteiger partial charge on any atom is -0.497 e. The van der Waals surface area contributed by atoms with Crippen molar-refractivity contribution >= 4 is 5.97 Å². The molecule has 1 aliphatic rings. The van der Waals surface area contributed by atoms with Gasteiger partial charge in [0.25, 0.3) is 0 Å². The van der Waals surface area contributed by atoms with Gasteiger partial charge in [0.15, 0.2) is 0 Å². The van der Waals surface area contributed by atoms with Gasteiger partial charge < -0.3 is 14.2 Å². The zero-order valence-corrected chi connectivity index (χ0v) is 21.9. The highest BCUT2D eigenvalue weighted by Gasteiger charge is 2.32. The molecule has 2 atom stereocenters. The number of aryl methyl sites for hydroxylation is 2. The quantitative estimate of drug-likeness (QED) is 0.241. The summed E-state index contributed by atoms with van der Waals surface area (Å²) in [7, 11) is 3.18. The highest BCUT2D eigenvalue weighted by Crippen LogP contribution is 2.40. The Bertz CT molecular complexity index is 851. The first-order chi connectivity index (χ1) is 15.7. The number of rotatable bonds is 12. The standard InChI is InChI=1S/C29H44O4/c1-21(13-9-15-23(3)28(30)32-7)11-8-12-22(2)14-10-17-29(5)18-16-25-20-26(31-6)19-24(4)27(25)33-29/h11,14,19-20,23H,8-10,12-13,15-18H2,1-7H3/b21-11+,22-14+/t23?,29-/m1/s1. The zero-order chi connectivity index (χ0) is 24.4. The van der Waals surface area contributed by atoms with Crippen LogP contribution in [0.25, 0.3) is 0 Å². The van der Waals surface area contributed by atoms with Crippen LogP contribution in [0.4, 0.5) is 0 Å². The molecule has 0 radical (unpaired) electrons. The smallest absolute Gasteiger partial charge is 0.308 e. The molecule has 0 bridgehead atoms. The Morgan fingerprint density at radius 1 is 1.15 bits per heavy atom. The van der Waals surface area contributed by atoms with E-state index in [9.17, 15) is 4.79 Å². The van der Waals surface area contributed by atoms with Crippen LogP contribution in [0.1, 0.15) is 90.2 Å². The average molecular weight is 457 g/mol. The number of hydrogen-bond donors (Lipinski definition) is 0. The third-order valence-corrected chi connectivity index (χ3v) is 6.84. The van der Waals surface area contributed by atoms with Crippen molar-refractivity contribution in [2.24, 2.45) is 5.92 Å². The van der Waals surface area contributed by atoms with Crippen molar-refractivity contribution in [3.63, 3.8) is 0 Å². The van der Waals surface area contributed by atoms with Crippen molar-refractivity contribution in [1.82, 2.24) is 0 Å². The maximum Gasteiger partial charge on any atom is 0.308 e. The first-order valence-electron chi connectivity index (χ1n) is 12.4. The van der Waals surface area contributed by atoms with E-state index in [1.54, 1.807) is 7.11 Å². The van der Waals surface area contributed by atoms with Gasteiger partial charge in [-0.3, -0.25) is 4.79 Å². The van der Waals surface area contributed by atoms with Crippen LogP contribution in [0.3, 0.4) is 0 Å². The second-order valence-electron chi connectivity index (χ2n) is 9.98. The molecule has 0 amide bonds. The van der Waals surface area contributed by atoms with E-state index in [0.717, 1.165) is 74.8 Å². The van der Waals surface area contributed by atoms with E-state index in [1.807, 2.05) is 6.92 Å². The number of fused-ring (bicyclic) bond motifs is 1. The monoisotopic (exact) mass is 456 g/mol. The van der Waals surface area contributed by atoms with Gasteiger partial charge in [-0.25, -0.2) is 0 Å². The predicted octanol–water partition coefficient (Wildman–Crippen LogP) is 7.52. The molecule has 33 heavy (non-hydrogen) atoms. The van der Waals surface area contributed by atoms with Crippen molar-refractivity contribution < 1.29 is 19.0 Å². The SMILES string of the molecule is COC(=O)C(C)CCC/C(C)=C/CC/C(C)=C/CC[C@]1(C)CCc2cc(OC)cc(C)c2O1. The van der Waals surface area contributed by atoms with Gasteiger partial charge in [-0.15, -0.1) is 0 Å². The summed E-state index contributed by atoms with van der Waals surface area (Å²) in [5, 5.41) is 0. The van der Waals surface area contributed by atoms with E-state index in [0.29, 0.717) is 0 Å². The second kappa shape index (κ2) is 12.9. The van der Waals surface area contributed by atoms with Crippen molar-refractivity contribution in [3.05, 3.63) is 46.6 Å². The third kappa shape index (κ3) is 8.57. The largest absolute Gasteiger partial charge is 0.497 e. The summed E-state index contributed by atoms with van der Waals surface area (Å²) in [6.07, 6.45) is 14.0. The van der Waals surface area contributed by atoms with Gasteiger partial charge in [0.1, 0.15) is 17.1 Å². The summed E-state index contributed by atoms with van der Waals surface area (Å²) in [6, 6.07) is 4.17. The van der Waals surface area contributed by atoms with Crippen molar-refractivity contribution in [2.75, 3.05) is 14.2 Å². The molecule has 0 saturated carbocycles. The molecule has 1 aromatic rings. The molecule has 0 aromatic heterocycles. The topological polar surface area (TPSA) is 44.8 Å². The maximum atomic E-state index is 11.5. The van der Waals surface area contributed by atoms with Crippen LogP contribution >= 0.6 is 0 Å². The number of benzene rings is 1. The van der Waals surface area contributed by atoms with E-state index in [2.05, 4.69) is 52.0 Å². The van der Waals surface area contributed by atoms with Gasteiger partial charge in [-0.05, 0) is 109 Å². The lowest BCUT2D eigenvalue weighted by Crippen LogP contribution is -2.36. The first kappa shape index (κ1) is 27.0. The predicted molar refractivity (Wildman–Crippen MR) is 136 cm³/mol. The van der Waals surface area contributed by atoms with Crippen LogP contribution < -0.4 is 9.47 Å². The second-order valence-corrected chi connectivity index (χ2v) is 9.98. The number of hydrogen-bond acceptors (Lipinski definition) is 4. The Hall–Kier alpha value is -2.23. The third-order valence-electron chi connectivity index (χ3n) is 6.84. The maximum absolute atomic E-state index is 11.5. The van der Waals surface area contributed by atoms with Crippen LogP contribution in [-0.2, 0) is 16.0 Å². The van der Waals surface area contributed by atoms with Crippen molar-refractivity contribution in [2.45, 2.75) is 98.0 Å². The highest BCUT2D eigenvalue weighted by molar-refractivity contribution is 5.71. The fraction of sp³-hybridized carbons (Fsp3) is 0.621. The zero-order valence-electron chi connectivity index (χ0n) is 21.9. The van der Waals surface area contributed by atoms with E-state index in [1.165, 1.54) is 23.8 Å². The molecule has 4 nitrogen and oxygen atoms in total. The number of carbonyl (C=O) groups is 1. The van der Waals surface area contributed by atoms with Crippen molar-refractivity contribution in [1.29, 1.82) is 0 Å². The molecule has 4 heteroatoms. The van der Waals surface area contributed by atoms with Crippen LogP contribution in [0.5, 0.6) is 11.5 Å². The van der Waals surface area contributed by atoms with Crippen LogP contribution in [0, 0.1) is 12.8 Å². The molecule has 0 N–H and O–H groups in total. The molecule has 0 spiro atoms. The number of esters is 1. The normalized spacial score (nSPS) is 19.5. The van der Waals surface area contributed by atoms with E-state index in [-0.39, 0.29) is 17.5 Å². The molecule has 1 unspecified atom stereocenters. The van der Waals surface area contributed by atoms with Gasteiger partial charge in [-0.1, -0.05) is 30.2 Å². The lowest BCUT2D eigenvalue weighted by molar-refractivity contribution is -0.145. The van der Waals surface area contributed by atoms with Crippen LogP contribution in [0.2, 0.25) is 0 Å². The summed E-state index contributed by atoms with van der Waals surface area (Å²) in [6.45, 7) is 10.7. The van der Waals surface area contributed by atoms with Gasteiger partial charge in [0.2, 0.25) is 0 Å². The molecule has 0 aliphatic carbocycles. The molecule has 0 saturated heterocycles. The first-order valence-corrected chi connectivity index (χ1v) is 12.4. The molecular formula is C29H44O4. The lowest BCUT2D eigenvalue weighted by Gasteiger charge is -2.37. The fourth-order valence-corrected chi connectivity index (χ4v) is 4.51. The number of ether oxygens (including phenoxy) is 3. The van der Waals surface area contributed by atoms with Crippen LogP contribution in [0.15, 0.2) is 35.4 Å². The lowest BCUT2D eigenvalue weighted by atomic mass is 9.87. The van der Waals surface area contributed by atoms with Gasteiger partial charge in [0.05, 0.1) is 20.1 Å². The summed E-state index contributed by atoms with van der Waals surface area (Å²) in [5.41, 5.74) is 5.16. The van der Waals surface area contributed by atoms with Gasteiger partial charge >= 0.3 is 5.97 Å². The molecule has 2 rings (SSSR count). The number of allylic oxidation sites excluding steroid dienone is 4. The Balaban J connectivity index is 1.74. The molecule has 0 fully saturated rings. The van der Waals surface area contributed by atoms with E-state index >= 15 is 0 Å². The summed E-state index contributed by atoms with van der Waals surface area (Å²) >= 11 is 0.